The predicted octanol–water partition coefficient (Wildman–Crippen LogP) is 4.14. The standard InChI is InChI=1S/C17H15BrO3/c18-13-7-5-11-6-8-16(14(11)10-13)21-15-4-2-1-3-12(15)9-17(19)20/h1-5,7,10,16H,6,8-9H2,(H,19,20). The third-order valence-corrected chi connectivity index (χ3v) is 4.21. The van der Waals surface area contributed by atoms with Crippen LogP contribution in [0.3, 0.4) is 0 Å². The summed E-state index contributed by atoms with van der Waals surface area (Å²) >= 11 is 3.49. The molecule has 2 aromatic rings. The number of carbonyl (C=O) groups is 1. The number of aryl methyl sites for hydroxylation is 1. The maximum atomic E-state index is 10.9. The molecule has 0 heterocycles. The Bertz CT molecular complexity index is 681. The van der Waals surface area contributed by atoms with Gasteiger partial charge in [0.05, 0.1) is 6.42 Å². The first-order valence-corrected chi connectivity index (χ1v) is 7.67. The number of hydrogen-bond acceptors (Lipinski definition) is 2. The molecule has 3 rings (SSSR count). The van der Waals surface area contributed by atoms with Gasteiger partial charge in [-0.05, 0) is 42.2 Å². The summed E-state index contributed by atoms with van der Waals surface area (Å²) in [6.07, 6.45) is 1.89. The molecule has 0 saturated heterocycles. The number of benzene rings is 2. The third-order valence-electron chi connectivity index (χ3n) is 3.71. The van der Waals surface area contributed by atoms with Crippen LogP contribution in [0.2, 0.25) is 0 Å². The molecule has 3 nitrogen and oxygen atoms in total. The fraction of sp³-hybridized carbons (Fsp3) is 0.235. The Balaban J connectivity index is 1.86. The highest BCUT2D eigenvalue weighted by atomic mass is 79.9. The average Bonchev–Trinajstić information content (AvgIpc) is 2.83. The van der Waals surface area contributed by atoms with Crippen LogP contribution in [0.4, 0.5) is 0 Å². The van der Waals surface area contributed by atoms with Gasteiger partial charge < -0.3 is 9.84 Å². The second kappa shape index (κ2) is 5.90. The predicted molar refractivity (Wildman–Crippen MR) is 83.6 cm³/mol. The number of para-hydroxylation sites is 1. The van der Waals surface area contributed by atoms with Crippen LogP contribution in [0.1, 0.15) is 29.2 Å². The van der Waals surface area contributed by atoms with Gasteiger partial charge >= 0.3 is 5.97 Å². The molecule has 0 fully saturated rings. The van der Waals surface area contributed by atoms with Crippen LogP contribution < -0.4 is 4.74 Å². The highest BCUT2D eigenvalue weighted by molar-refractivity contribution is 9.10. The summed E-state index contributed by atoms with van der Waals surface area (Å²) in [6, 6.07) is 13.6. The molecule has 0 bridgehead atoms. The summed E-state index contributed by atoms with van der Waals surface area (Å²) in [5.41, 5.74) is 3.21. The van der Waals surface area contributed by atoms with Crippen molar-refractivity contribution in [1.82, 2.24) is 0 Å². The lowest BCUT2D eigenvalue weighted by molar-refractivity contribution is -0.136. The Kier molecular flexibility index (Phi) is 3.97. The number of ether oxygens (including phenoxy) is 1. The first-order chi connectivity index (χ1) is 10.1. The van der Waals surface area contributed by atoms with E-state index in [9.17, 15) is 4.79 Å². The van der Waals surface area contributed by atoms with Crippen molar-refractivity contribution in [3.63, 3.8) is 0 Å². The van der Waals surface area contributed by atoms with Gasteiger partial charge in [0.15, 0.2) is 0 Å². The maximum Gasteiger partial charge on any atom is 0.307 e. The van der Waals surface area contributed by atoms with Gasteiger partial charge in [0.1, 0.15) is 11.9 Å². The van der Waals surface area contributed by atoms with Crippen molar-refractivity contribution in [2.24, 2.45) is 0 Å². The number of halogens is 1. The van der Waals surface area contributed by atoms with Gasteiger partial charge in [0, 0.05) is 10.0 Å². The number of aliphatic carboxylic acids is 1. The molecule has 0 radical (unpaired) electrons. The van der Waals surface area contributed by atoms with Crippen molar-refractivity contribution in [3.05, 3.63) is 63.6 Å². The highest BCUT2D eigenvalue weighted by Crippen LogP contribution is 2.37. The first-order valence-electron chi connectivity index (χ1n) is 6.88. The Morgan fingerprint density at radius 2 is 2.10 bits per heavy atom. The van der Waals surface area contributed by atoms with Gasteiger partial charge in [-0.2, -0.15) is 0 Å². The van der Waals surface area contributed by atoms with Crippen molar-refractivity contribution in [3.8, 4) is 5.75 Å². The molecule has 1 aliphatic carbocycles. The van der Waals surface area contributed by atoms with E-state index >= 15 is 0 Å². The maximum absolute atomic E-state index is 10.9. The molecule has 108 valence electrons. The van der Waals surface area contributed by atoms with Gasteiger partial charge in [-0.3, -0.25) is 4.79 Å². The van der Waals surface area contributed by atoms with E-state index in [4.69, 9.17) is 9.84 Å². The minimum atomic E-state index is -0.847. The molecule has 4 heteroatoms. The topological polar surface area (TPSA) is 46.5 Å². The van der Waals surface area contributed by atoms with Gasteiger partial charge in [-0.15, -0.1) is 0 Å². The fourth-order valence-electron chi connectivity index (χ4n) is 2.74. The average molecular weight is 347 g/mol. The molecule has 0 aromatic heterocycles. The molecule has 21 heavy (non-hydrogen) atoms. The van der Waals surface area contributed by atoms with E-state index in [0.29, 0.717) is 11.3 Å². The monoisotopic (exact) mass is 346 g/mol. The van der Waals surface area contributed by atoms with E-state index < -0.39 is 5.97 Å². The van der Waals surface area contributed by atoms with Crippen molar-refractivity contribution >= 4 is 21.9 Å². The molecule has 1 aliphatic rings. The van der Waals surface area contributed by atoms with E-state index in [2.05, 4.69) is 28.1 Å². The number of hydrogen-bond donors (Lipinski definition) is 1. The Labute approximate surface area is 131 Å². The second-order valence-electron chi connectivity index (χ2n) is 5.17. The molecule has 1 atom stereocenters. The van der Waals surface area contributed by atoms with Crippen LogP contribution in [0.5, 0.6) is 5.75 Å². The summed E-state index contributed by atoms with van der Waals surface area (Å²) in [5, 5.41) is 8.98. The Morgan fingerprint density at radius 3 is 2.90 bits per heavy atom. The zero-order valence-electron chi connectivity index (χ0n) is 11.4. The summed E-state index contributed by atoms with van der Waals surface area (Å²) in [4.78, 5) is 10.9. The van der Waals surface area contributed by atoms with Crippen molar-refractivity contribution < 1.29 is 14.6 Å². The Hall–Kier alpha value is -1.81. The summed E-state index contributed by atoms with van der Waals surface area (Å²) < 4.78 is 7.14. The lowest BCUT2D eigenvalue weighted by Crippen LogP contribution is -2.07. The molecule has 0 amide bonds. The largest absolute Gasteiger partial charge is 0.485 e. The SMILES string of the molecule is O=C(O)Cc1ccccc1OC1CCc2ccc(Br)cc21. The molecular weight excluding hydrogens is 332 g/mol. The van der Waals surface area contributed by atoms with Crippen molar-refractivity contribution in [2.75, 3.05) is 0 Å². The number of fused-ring (bicyclic) bond motifs is 1. The van der Waals surface area contributed by atoms with Gasteiger partial charge in [-0.25, -0.2) is 0 Å². The van der Waals surface area contributed by atoms with Gasteiger partial charge in [0.25, 0.3) is 0 Å². The van der Waals surface area contributed by atoms with Crippen LogP contribution in [0.15, 0.2) is 46.9 Å². The molecule has 2 aromatic carbocycles. The molecule has 0 aliphatic heterocycles. The van der Waals surface area contributed by atoms with Gasteiger partial charge in [-0.1, -0.05) is 40.2 Å². The molecular formula is C17H15BrO3. The molecule has 1 unspecified atom stereocenters. The molecule has 0 saturated carbocycles. The highest BCUT2D eigenvalue weighted by Gasteiger charge is 2.25. The summed E-state index contributed by atoms with van der Waals surface area (Å²) in [7, 11) is 0. The van der Waals surface area contributed by atoms with E-state index in [1.54, 1.807) is 6.07 Å². The van der Waals surface area contributed by atoms with E-state index in [1.165, 1.54) is 11.1 Å². The van der Waals surface area contributed by atoms with Crippen LogP contribution >= 0.6 is 15.9 Å². The second-order valence-corrected chi connectivity index (χ2v) is 6.08. The lowest BCUT2D eigenvalue weighted by Gasteiger charge is -2.17. The van der Waals surface area contributed by atoms with E-state index in [0.717, 1.165) is 17.3 Å². The molecule has 1 N–H and O–H groups in total. The number of carboxylic acid groups (broad SMARTS) is 1. The minimum absolute atomic E-state index is 0.00700. The zero-order valence-corrected chi connectivity index (χ0v) is 13.0. The van der Waals surface area contributed by atoms with Crippen molar-refractivity contribution in [1.29, 1.82) is 0 Å². The van der Waals surface area contributed by atoms with Crippen molar-refractivity contribution in [2.45, 2.75) is 25.4 Å². The fourth-order valence-corrected chi connectivity index (χ4v) is 3.12. The quantitative estimate of drug-likeness (QED) is 0.904. The zero-order chi connectivity index (χ0) is 14.8. The van der Waals surface area contributed by atoms with Crippen LogP contribution in [-0.4, -0.2) is 11.1 Å². The minimum Gasteiger partial charge on any atom is -0.485 e. The normalized spacial score (nSPS) is 16.5. The van der Waals surface area contributed by atoms with E-state index in [1.807, 2.05) is 24.3 Å². The van der Waals surface area contributed by atoms with Gasteiger partial charge in [0.2, 0.25) is 0 Å². The smallest absolute Gasteiger partial charge is 0.307 e. The Morgan fingerprint density at radius 1 is 1.29 bits per heavy atom. The molecule has 0 spiro atoms. The van der Waals surface area contributed by atoms with E-state index in [-0.39, 0.29) is 12.5 Å². The van der Waals surface area contributed by atoms with Crippen LogP contribution in [0.25, 0.3) is 0 Å². The number of carboxylic acids is 1. The lowest BCUT2D eigenvalue weighted by atomic mass is 10.1. The number of rotatable bonds is 4. The van der Waals surface area contributed by atoms with Crippen LogP contribution in [0, 0.1) is 0 Å². The summed E-state index contributed by atoms with van der Waals surface area (Å²) in [6.45, 7) is 0. The first kappa shape index (κ1) is 14.1. The van der Waals surface area contributed by atoms with Crippen LogP contribution in [-0.2, 0) is 17.6 Å². The summed E-state index contributed by atoms with van der Waals surface area (Å²) in [5.74, 6) is -0.182. The third kappa shape index (κ3) is 3.10.